The van der Waals surface area contributed by atoms with Gasteiger partial charge >= 0.3 is 0 Å². The van der Waals surface area contributed by atoms with E-state index in [4.69, 9.17) is 17.0 Å². The van der Waals surface area contributed by atoms with Crippen molar-refractivity contribution < 1.29 is 9.90 Å². The van der Waals surface area contributed by atoms with Crippen LogP contribution in [0.2, 0.25) is 5.02 Å². The molecule has 3 rings (SSSR count). The lowest BCUT2D eigenvalue weighted by Gasteiger charge is -2.28. The molecule has 0 spiro atoms. The average molecular weight is 378 g/mol. The molecule has 3 unspecified atom stereocenters. The Kier molecular flexibility index (Phi) is 6.20. The van der Waals surface area contributed by atoms with Crippen LogP contribution in [0, 0.1) is 11.3 Å². The maximum atomic E-state index is 12.8. The Bertz CT molecular complexity index is 679. The number of phenolic OH excluding ortho intramolecular Hbond substituents is 1. The van der Waals surface area contributed by atoms with Crippen molar-refractivity contribution in [1.82, 2.24) is 10.2 Å². The molecule has 1 aromatic carbocycles. The van der Waals surface area contributed by atoms with Crippen molar-refractivity contribution in [3.05, 3.63) is 28.8 Å². The number of phenols is 1. The van der Waals surface area contributed by atoms with Crippen molar-refractivity contribution >= 4 is 23.2 Å². The molecule has 1 aromatic rings. The first-order valence-corrected chi connectivity index (χ1v) is 9.98. The van der Waals surface area contributed by atoms with Gasteiger partial charge in [-0.05, 0) is 62.8 Å². The van der Waals surface area contributed by atoms with E-state index in [0.717, 1.165) is 31.4 Å². The van der Waals surface area contributed by atoms with E-state index in [2.05, 4.69) is 10.2 Å². The first-order chi connectivity index (χ1) is 12.5. The number of carbonyl (C=O) groups is 1. The minimum absolute atomic E-state index is 0.0655. The third-order valence-corrected chi connectivity index (χ3v) is 6.01. The van der Waals surface area contributed by atoms with Crippen molar-refractivity contribution in [2.75, 3.05) is 13.1 Å². The van der Waals surface area contributed by atoms with Crippen molar-refractivity contribution in [3.63, 3.8) is 0 Å². The van der Waals surface area contributed by atoms with Gasteiger partial charge in [0.15, 0.2) is 0 Å². The van der Waals surface area contributed by atoms with E-state index in [1.165, 1.54) is 18.9 Å². The molecule has 0 radical (unpaired) electrons. The third-order valence-electron chi connectivity index (χ3n) is 5.66. The van der Waals surface area contributed by atoms with Gasteiger partial charge in [0.25, 0.3) is 0 Å². The van der Waals surface area contributed by atoms with Crippen LogP contribution in [0.15, 0.2) is 18.2 Å². The van der Waals surface area contributed by atoms with Crippen molar-refractivity contribution in [1.29, 1.82) is 5.41 Å². The summed E-state index contributed by atoms with van der Waals surface area (Å²) in [6.07, 6.45) is 5.73. The Balaban J connectivity index is 1.80. The maximum Gasteiger partial charge on any atom is 0.229 e. The second-order valence-electron chi connectivity index (χ2n) is 7.41. The molecule has 3 atom stereocenters. The van der Waals surface area contributed by atoms with Crippen molar-refractivity contribution in [2.24, 2.45) is 5.92 Å². The topological polar surface area (TPSA) is 76.4 Å². The Morgan fingerprint density at radius 2 is 2.23 bits per heavy atom. The van der Waals surface area contributed by atoms with E-state index >= 15 is 0 Å². The highest BCUT2D eigenvalue weighted by Crippen LogP contribution is 2.35. The van der Waals surface area contributed by atoms with Gasteiger partial charge in [-0.25, -0.2) is 0 Å². The van der Waals surface area contributed by atoms with Gasteiger partial charge in [-0.15, -0.1) is 0 Å². The fourth-order valence-corrected chi connectivity index (χ4v) is 4.55. The minimum atomic E-state index is -0.520. The van der Waals surface area contributed by atoms with E-state index < -0.39 is 5.92 Å². The summed E-state index contributed by atoms with van der Waals surface area (Å²) in [6, 6.07) is 5.47. The predicted molar refractivity (Wildman–Crippen MR) is 104 cm³/mol. The van der Waals surface area contributed by atoms with Crippen LogP contribution in [0.5, 0.6) is 5.75 Å². The normalized spacial score (nSPS) is 23.6. The summed E-state index contributed by atoms with van der Waals surface area (Å²) >= 11 is 6.26. The highest BCUT2D eigenvalue weighted by Gasteiger charge is 2.41. The second-order valence-corrected chi connectivity index (χ2v) is 7.81. The number of nitrogens with one attached hydrogen (secondary N) is 2. The third kappa shape index (κ3) is 4.04. The molecule has 2 saturated heterocycles. The molecule has 1 amide bonds. The fourth-order valence-electron chi connectivity index (χ4n) is 4.30. The zero-order valence-electron chi connectivity index (χ0n) is 15.3. The first kappa shape index (κ1) is 19.2. The predicted octanol–water partition coefficient (Wildman–Crippen LogP) is 3.38. The van der Waals surface area contributed by atoms with Gasteiger partial charge in [0.1, 0.15) is 5.75 Å². The number of rotatable bonds is 7. The quantitative estimate of drug-likeness (QED) is 0.637. The number of aromatic hydroxyl groups is 1. The molecule has 142 valence electrons. The van der Waals surface area contributed by atoms with Crippen LogP contribution < -0.4 is 5.32 Å². The molecule has 2 fully saturated rings. The summed E-state index contributed by atoms with van der Waals surface area (Å²) in [4.78, 5) is 15.2. The van der Waals surface area contributed by atoms with Gasteiger partial charge in [-0.2, -0.15) is 0 Å². The van der Waals surface area contributed by atoms with E-state index in [1.807, 2.05) is 6.92 Å². The molecule has 0 aliphatic carbocycles. The van der Waals surface area contributed by atoms with Gasteiger partial charge in [-0.1, -0.05) is 24.6 Å². The van der Waals surface area contributed by atoms with Crippen LogP contribution in [0.3, 0.4) is 0 Å². The van der Waals surface area contributed by atoms with Crippen LogP contribution in [0.4, 0.5) is 0 Å². The Labute approximate surface area is 160 Å². The molecule has 2 aliphatic heterocycles. The van der Waals surface area contributed by atoms with Crippen molar-refractivity contribution in [2.45, 2.75) is 57.5 Å². The van der Waals surface area contributed by atoms with E-state index in [9.17, 15) is 9.90 Å². The molecular weight excluding hydrogens is 350 g/mol. The van der Waals surface area contributed by atoms with E-state index in [-0.39, 0.29) is 17.7 Å². The summed E-state index contributed by atoms with van der Waals surface area (Å²) in [5.74, 6) is -0.506. The fraction of sp³-hybridized carbons (Fsp3) is 0.600. The second kappa shape index (κ2) is 8.40. The summed E-state index contributed by atoms with van der Waals surface area (Å²) in [7, 11) is 0. The smallest absolute Gasteiger partial charge is 0.229 e. The van der Waals surface area contributed by atoms with Gasteiger partial charge in [0, 0.05) is 29.4 Å². The van der Waals surface area contributed by atoms with Crippen molar-refractivity contribution in [3.8, 4) is 5.75 Å². The Morgan fingerprint density at radius 3 is 2.96 bits per heavy atom. The van der Waals surface area contributed by atoms with E-state index in [0.29, 0.717) is 29.7 Å². The molecule has 2 aliphatic rings. The number of benzene rings is 1. The molecule has 0 bridgehead atoms. The van der Waals surface area contributed by atoms with E-state index in [1.54, 1.807) is 12.1 Å². The minimum Gasteiger partial charge on any atom is -0.508 e. The largest absolute Gasteiger partial charge is 0.508 e. The lowest BCUT2D eigenvalue weighted by atomic mass is 9.88. The molecule has 0 saturated carbocycles. The number of halogens is 1. The number of hydrogen-bond donors (Lipinski definition) is 3. The zero-order valence-corrected chi connectivity index (χ0v) is 16.1. The SMILES string of the molecule is CCCNC(=O)C(Cc1ccc(O)cc1Cl)C(=N)C1CCC2CCCN21. The monoisotopic (exact) mass is 377 g/mol. The molecule has 26 heavy (non-hydrogen) atoms. The number of hydrogen-bond acceptors (Lipinski definition) is 4. The van der Waals surface area contributed by atoms with Gasteiger partial charge in [-0.3, -0.25) is 9.69 Å². The van der Waals surface area contributed by atoms with Crippen LogP contribution in [-0.4, -0.2) is 46.8 Å². The highest BCUT2D eigenvalue weighted by atomic mass is 35.5. The lowest BCUT2D eigenvalue weighted by molar-refractivity contribution is -0.123. The van der Waals surface area contributed by atoms with Gasteiger partial charge < -0.3 is 15.8 Å². The standard InChI is InChI=1S/C20H28ClN3O2/c1-2-9-23-20(26)16(11-13-5-7-15(25)12-17(13)21)19(22)18-8-6-14-4-3-10-24(14)18/h5,7,12,14,16,18,22,25H,2-4,6,8-11H2,1H3,(H,23,26). The maximum absolute atomic E-state index is 12.8. The number of amides is 1. The van der Waals surface area contributed by atoms with Crippen LogP contribution in [-0.2, 0) is 11.2 Å². The first-order valence-electron chi connectivity index (χ1n) is 9.60. The molecule has 2 heterocycles. The summed E-state index contributed by atoms with van der Waals surface area (Å²) in [6.45, 7) is 3.66. The van der Waals surface area contributed by atoms with Crippen LogP contribution >= 0.6 is 11.6 Å². The summed E-state index contributed by atoms with van der Waals surface area (Å²) < 4.78 is 0. The average Bonchev–Trinajstić information content (AvgIpc) is 3.22. The summed E-state index contributed by atoms with van der Waals surface area (Å²) in [5.41, 5.74) is 1.30. The molecule has 0 aromatic heterocycles. The van der Waals surface area contributed by atoms with Crippen LogP contribution in [0.25, 0.3) is 0 Å². The Hall–Kier alpha value is -1.59. The zero-order chi connectivity index (χ0) is 18.7. The lowest BCUT2D eigenvalue weighted by Crippen LogP contribution is -2.46. The number of fused-ring (bicyclic) bond motifs is 1. The summed E-state index contributed by atoms with van der Waals surface area (Å²) in [5, 5.41) is 21.8. The molecular formula is C20H28ClN3O2. The molecule has 3 N–H and O–H groups in total. The van der Waals surface area contributed by atoms with Gasteiger partial charge in [0.2, 0.25) is 5.91 Å². The number of nitrogens with zero attached hydrogens (tertiary/aromatic N) is 1. The molecule has 5 nitrogen and oxygen atoms in total. The van der Waals surface area contributed by atoms with Crippen LogP contribution in [0.1, 0.15) is 44.6 Å². The molecule has 6 heteroatoms. The Morgan fingerprint density at radius 1 is 1.42 bits per heavy atom. The number of carbonyl (C=O) groups excluding carboxylic acids is 1. The highest BCUT2D eigenvalue weighted by molar-refractivity contribution is 6.31. The van der Waals surface area contributed by atoms with Gasteiger partial charge in [0.05, 0.1) is 5.92 Å².